The SMILES string of the molecule is Cc1noc(C)c1CC(=O)NCc1cncc(-c2ccnn2C)c1. The van der Waals surface area contributed by atoms with Gasteiger partial charge in [0, 0.05) is 43.3 Å². The fourth-order valence-electron chi connectivity index (χ4n) is 2.56. The molecule has 1 amide bonds. The summed E-state index contributed by atoms with van der Waals surface area (Å²) in [5.41, 5.74) is 4.47. The highest BCUT2D eigenvalue weighted by atomic mass is 16.5. The molecule has 0 atom stereocenters. The predicted molar refractivity (Wildman–Crippen MR) is 88.0 cm³/mol. The number of rotatable bonds is 5. The Morgan fingerprint density at radius 2 is 2.17 bits per heavy atom. The predicted octanol–water partition coefficient (Wildman–Crippen LogP) is 1.95. The van der Waals surface area contributed by atoms with Crippen molar-refractivity contribution in [2.75, 3.05) is 0 Å². The van der Waals surface area contributed by atoms with E-state index >= 15 is 0 Å². The number of nitrogens with zero attached hydrogens (tertiary/aromatic N) is 4. The first-order chi connectivity index (χ1) is 11.5. The maximum Gasteiger partial charge on any atom is 0.224 e. The molecular weight excluding hydrogens is 306 g/mol. The van der Waals surface area contributed by atoms with Crippen LogP contribution in [0.25, 0.3) is 11.3 Å². The number of hydrogen-bond acceptors (Lipinski definition) is 5. The highest BCUT2D eigenvalue weighted by Gasteiger charge is 2.13. The summed E-state index contributed by atoms with van der Waals surface area (Å²) in [4.78, 5) is 16.4. The van der Waals surface area contributed by atoms with E-state index in [1.807, 2.05) is 33.0 Å². The first kappa shape index (κ1) is 15.9. The van der Waals surface area contributed by atoms with Crippen molar-refractivity contribution in [3.8, 4) is 11.3 Å². The second-order valence-corrected chi connectivity index (χ2v) is 5.68. The molecule has 1 N–H and O–H groups in total. The number of amides is 1. The number of carbonyl (C=O) groups is 1. The fourth-order valence-corrected chi connectivity index (χ4v) is 2.56. The molecule has 0 aliphatic heterocycles. The number of pyridine rings is 1. The van der Waals surface area contributed by atoms with E-state index < -0.39 is 0 Å². The molecule has 24 heavy (non-hydrogen) atoms. The maximum absolute atomic E-state index is 12.1. The van der Waals surface area contributed by atoms with E-state index in [0.717, 1.165) is 28.1 Å². The number of nitrogens with one attached hydrogen (secondary N) is 1. The lowest BCUT2D eigenvalue weighted by molar-refractivity contribution is -0.120. The number of hydrogen-bond donors (Lipinski definition) is 1. The third-order valence-corrected chi connectivity index (χ3v) is 3.92. The van der Waals surface area contributed by atoms with Crippen molar-refractivity contribution in [3.05, 3.63) is 53.3 Å². The van der Waals surface area contributed by atoms with Gasteiger partial charge in [-0.25, -0.2) is 0 Å². The van der Waals surface area contributed by atoms with Crippen LogP contribution in [0.4, 0.5) is 0 Å². The smallest absolute Gasteiger partial charge is 0.224 e. The molecule has 0 unspecified atom stereocenters. The van der Waals surface area contributed by atoms with Gasteiger partial charge in [0.1, 0.15) is 5.76 Å². The minimum absolute atomic E-state index is 0.0738. The summed E-state index contributed by atoms with van der Waals surface area (Å²) < 4.78 is 6.87. The van der Waals surface area contributed by atoms with Crippen LogP contribution in [0.2, 0.25) is 0 Å². The van der Waals surface area contributed by atoms with Crippen molar-refractivity contribution < 1.29 is 9.32 Å². The Kier molecular flexibility index (Phi) is 4.41. The Balaban J connectivity index is 1.65. The Morgan fingerprint density at radius 1 is 1.33 bits per heavy atom. The molecule has 0 radical (unpaired) electrons. The van der Waals surface area contributed by atoms with Crippen molar-refractivity contribution in [2.45, 2.75) is 26.8 Å². The standard InChI is InChI=1S/C17H19N5O2/c1-11-15(12(2)24-21-11)7-17(23)19-9-13-6-14(10-18-8-13)16-4-5-20-22(16)3/h4-6,8,10H,7,9H2,1-3H3,(H,19,23). The minimum Gasteiger partial charge on any atom is -0.361 e. The van der Waals surface area contributed by atoms with E-state index in [1.165, 1.54) is 0 Å². The summed E-state index contributed by atoms with van der Waals surface area (Å²) in [6, 6.07) is 3.93. The highest BCUT2D eigenvalue weighted by Crippen LogP contribution is 2.18. The lowest BCUT2D eigenvalue weighted by Gasteiger charge is -2.07. The molecule has 0 aromatic carbocycles. The van der Waals surface area contributed by atoms with Gasteiger partial charge in [-0.05, 0) is 31.5 Å². The van der Waals surface area contributed by atoms with Crippen LogP contribution in [0.5, 0.6) is 0 Å². The number of aromatic nitrogens is 4. The van der Waals surface area contributed by atoms with Crippen molar-refractivity contribution in [1.29, 1.82) is 0 Å². The van der Waals surface area contributed by atoms with E-state index in [9.17, 15) is 4.79 Å². The largest absolute Gasteiger partial charge is 0.361 e. The lowest BCUT2D eigenvalue weighted by Crippen LogP contribution is -2.25. The zero-order chi connectivity index (χ0) is 17.1. The Morgan fingerprint density at radius 3 is 2.83 bits per heavy atom. The highest BCUT2D eigenvalue weighted by molar-refractivity contribution is 5.79. The van der Waals surface area contributed by atoms with Gasteiger partial charge in [0.25, 0.3) is 0 Å². The summed E-state index contributed by atoms with van der Waals surface area (Å²) >= 11 is 0. The van der Waals surface area contributed by atoms with Gasteiger partial charge in [-0.3, -0.25) is 14.5 Å². The summed E-state index contributed by atoms with van der Waals surface area (Å²) in [5, 5.41) is 10.9. The van der Waals surface area contributed by atoms with Gasteiger partial charge in [-0.1, -0.05) is 5.16 Å². The van der Waals surface area contributed by atoms with Crippen molar-refractivity contribution in [3.63, 3.8) is 0 Å². The van der Waals surface area contributed by atoms with E-state index in [-0.39, 0.29) is 12.3 Å². The number of carbonyl (C=O) groups excluding carboxylic acids is 1. The maximum atomic E-state index is 12.1. The van der Waals surface area contributed by atoms with Gasteiger partial charge in [0.15, 0.2) is 0 Å². The van der Waals surface area contributed by atoms with E-state index in [0.29, 0.717) is 12.3 Å². The van der Waals surface area contributed by atoms with Crippen LogP contribution in [0.1, 0.15) is 22.6 Å². The van der Waals surface area contributed by atoms with Gasteiger partial charge >= 0.3 is 0 Å². The van der Waals surface area contributed by atoms with Crippen LogP contribution in [0, 0.1) is 13.8 Å². The third-order valence-electron chi connectivity index (χ3n) is 3.92. The van der Waals surface area contributed by atoms with Gasteiger partial charge in [0.2, 0.25) is 5.91 Å². The normalized spacial score (nSPS) is 10.8. The Bertz CT molecular complexity index is 846. The van der Waals surface area contributed by atoms with Crippen molar-refractivity contribution in [1.82, 2.24) is 25.2 Å². The average Bonchev–Trinajstić information content (AvgIpc) is 3.14. The minimum atomic E-state index is -0.0738. The monoisotopic (exact) mass is 325 g/mol. The zero-order valence-electron chi connectivity index (χ0n) is 13.9. The van der Waals surface area contributed by atoms with Crippen LogP contribution >= 0.6 is 0 Å². The molecule has 0 aliphatic rings. The molecule has 0 spiro atoms. The topological polar surface area (TPSA) is 85.8 Å². The van der Waals surface area contributed by atoms with Crippen molar-refractivity contribution >= 4 is 5.91 Å². The lowest BCUT2D eigenvalue weighted by atomic mass is 10.1. The van der Waals surface area contributed by atoms with Gasteiger partial charge in [-0.2, -0.15) is 5.10 Å². The average molecular weight is 325 g/mol. The van der Waals surface area contributed by atoms with Gasteiger partial charge in [0.05, 0.1) is 17.8 Å². The zero-order valence-corrected chi connectivity index (χ0v) is 13.9. The molecule has 0 bridgehead atoms. The van der Waals surface area contributed by atoms with E-state index in [1.54, 1.807) is 23.3 Å². The number of aryl methyl sites for hydroxylation is 3. The fraction of sp³-hybridized carbons (Fsp3) is 0.294. The van der Waals surface area contributed by atoms with Crippen LogP contribution in [0.15, 0.2) is 35.2 Å². The Labute approximate surface area is 139 Å². The van der Waals surface area contributed by atoms with Gasteiger partial charge < -0.3 is 9.84 Å². The summed E-state index contributed by atoms with van der Waals surface area (Å²) in [6.45, 7) is 4.06. The molecule has 3 aromatic heterocycles. The van der Waals surface area contributed by atoms with Crippen LogP contribution in [0.3, 0.4) is 0 Å². The molecule has 124 valence electrons. The molecule has 3 aromatic rings. The van der Waals surface area contributed by atoms with E-state index in [4.69, 9.17) is 4.52 Å². The molecule has 0 fully saturated rings. The summed E-state index contributed by atoms with van der Waals surface area (Å²) in [5.74, 6) is 0.609. The van der Waals surface area contributed by atoms with Gasteiger partial charge in [-0.15, -0.1) is 0 Å². The van der Waals surface area contributed by atoms with E-state index in [2.05, 4.69) is 20.6 Å². The van der Waals surface area contributed by atoms with Crippen LogP contribution in [-0.2, 0) is 24.8 Å². The second kappa shape index (κ2) is 6.66. The molecule has 3 rings (SSSR count). The van der Waals surface area contributed by atoms with Crippen LogP contribution in [-0.4, -0.2) is 25.8 Å². The molecule has 3 heterocycles. The molecule has 0 saturated heterocycles. The van der Waals surface area contributed by atoms with Crippen LogP contribution < -0.4 is 5.32 Å². The molecule has 0 aliphatic carbocycles. The quantitative estimate of drug-likeness (QED) is 0.775. The summed E-state index contributed by atoms with van der Waals surface area (Å²) in [7, 11) is 1.88. The summed E-state index contributed by atoms with van der Waals surface area (Å²) in [6.07, 6.45) is 5.53. The first-order valence-electron chi connectivity index (χ1n) is 7.65. The second-order valence-electron chi connectivity index (χ2n) is 5.68. The first-order valence-corrected chi connectivity index (χ1v) is 7.65. The molecule has 7 heteroatoms. The molecule has 0 saturated carbocycles. The Hall–Kier alpha value is -2.96. The molecular formula is C17H19N5O2. The third kappa shape index (κ3) is 3.34. The van der Waals surface area contributed by atoms with Crippen molar-refractivity contribution in [2.24, 2.45) is 7.05 Å². The molecule has 7 nitrogen and oxygen atoms in total.